The molecule has 0 aromatic rings. The second-order valence-electron chi connectivity index (χ2n) is 18.8. The van der Waals surface area contributed by atoms with Crippen LogP contribution < -0.4 is 0 Å². The summed E-state index contributed by atoms with van der Waals surface area (Å²) >= 11 is 0. The minimum absolute atomic E-state index is 0.119. The van der Waals surface area contributed by atoms with Crippen LogP contribution in [0.1, 0.15) is 252 Å². The molecule has 0 saturated carbocycles. The van der Waals surface area contributed by atoms with E-state index in [1.807, 2.05) is 12.2 Å². The molecule has 0 heterocycles. The summed E-state index contributed by atoms with van der Waals surface area (Å²) in [6, 6.07) is 0. The number of allylic oxidation sites excluding steroid dienone is 20. The molecule has 0 bridgehead atoms. The Morgan fingerprint density at radius 3 is 0.944 bits per heavy atom. The van der Waals surface area contributed by atoms with Crippen molar-refractivity contribution >= 4 is 17.9 Å². The molecule has 6 heteroatoms. The Balaban J connectivity index is 4.57. The molecule has 1 atom stereocenters. The maximum atomic E-state index is 12.8. The molecule has 71 heavy (non-hydrogen) atoms. The van der Waals surface area contributed by atoms with Crippen molar-refractivity contribution in [2.75, 3.05) is 13.2 Å². The Morgan fingerprint density at radius 1 is 0.296 bits per heavy atom. The molecule has 0 aliphatic carbocycles. The molecule has 0 radical (unpaired) electrons. The summed E-state index contributed by atoms with van der Waals surface area (Å²) < 4.78 is 16.8. The van der Waals surface area contributed by atoms with Crippen LogP contribution in [0.2, 0.25) is 0 Å². The minimum atomic E-state index is -0.834. The smallest absolute Gasteiger partial charge is 0.306 e. The fourth-order valence-electron chi connectivity index (χ4n) is 7.63. The first kappa shape index (κ1) is 66.8. The van der Waals surface area contributed by atoms with Crippen molar-refractivity contribution in [2.45, 2.75) is 258 Å². The molecule has 0 fully saturated rings. The standard InChI is InChI=1S/C65H106O6/c1-4-7-10-13-16-19-22-25-28-30-32-34-37-40-43-46-49-52-55-58-64(67)70-61-62(60-69-63(66)57-54-51-48-45-42-39-36-27-24-21-18-15-12-9-6-3)71-65(68)59-56-53-50-47-44-41-38-35-33-31-29-26-23-20-17-14-11-8-5-2/h8,11,16-17,19-20,25-26,28-29,32-35,40-41,43-44,50,53,62H,4-7,9-10,12-15,18,21-24,27,30-31,36-39,42,45-49,51-52,54-61H2,1-3H3/b11-8-,19-16-,20-17-,28-25-,29-26-,34-32-,35-33-,43-40-,44-41-,53-50-/t62-/m0/s1. The lowest BCUT2D eigenvalue weighted by Gasteiger charge is -2.18. The van der Waals surface area contributed by atoms with Gasteiger partial charge in [-0.1, -0.05) is 251 Å². The highest BCUT2D eigenvalue weighted by Gasteiger charge is 2.19. The number of carbonyl (C=O) groups excluding carboxylic acids is 3. The number of rotatable bonds is 51. The fourth-order valence-corrected chi connectivity index (χ4v) is 7.63. The highest BCUT2D eigenvalue weighted by atomic mass is 16.6. The average molecular weight is 984 g/mol. The van der Waals surface area contributed by atoms with E-state index in [9.17, 15) is 14.4 Å². The SMILES string of the molecule is CC/C=C\C/C=C\C/C=C\C/C=C\C/C=C\C/C=C\CCC(=O)O[C@H](COC(=O)CCCCC/C=C\C/C=C\C/C=C\C/C=C\CCCCC)COC(=O)CCCCCCCCCCCCCCCCC. The van der Waals surface area contributed by atoms with Crippen LogP contribution in [0.5, 0.6) is 0 Å². The summed E-state index contributed by atoms with van der Waals surface area (Å²) in [5, 5.41) is 0. The summed E-state index contributed by atoms with van der Waals surface area (Å²) in [5.74, 6) is -1.04. The van der Waals surface area contributed by atoms with Crippen molar-refractivity contribution in [1.82, 2.24) is 0 Å². The van der Waals surface area contributed by atoms with E-state index < -0.39 is 12.1 Å². The van der Waals surface area contributed by atoms with Crippen molar-refractivity contribution < 1.29 is 28.6 Å². The van der Waals surface area contributed by atoms with Gasteiger partial charge in [-0.3, -0.25) is 14.4 Å². The number of hydrogen-bond acceptors (Lipinski definition) is 6. The van der Waals surface area contributed by atoms with Crippen molar-refractivity contribution in [2.24, 2.45) is 0 Å². The van der Waals surface area contributed by atoms with E-state index in [0.29, 0.717) is 19.3 Å². The fraction of sp³-hybridized carbons (Fsp3) is 0.646. The van der Waals surface area contributed by atoms with Gasteiger partial charge in [-0.25, -0.2) is 0 Å². The van der Waals surface area contributed by atoms with E-state index in [2.05, 4.69) is 130 Å². The molecule has 0 saturated heterocycles. The highest BCUT2D eigenvalue weighted by molar-refractivity contribution is 5.71. The quantitative estimate of drug-likeness (QED) is 0.0261. The second-order valence-corrected chi connectivity index (χ2v) is 18.8. The van der Waals surface area contributed by atoms with Crippen LogP contribution in [0.25, 0.3) is 0 Å². The maximum absolute atomic E-state index is 12.8. The lowest BCUT2D eigenvalue weighted by atomic mass is 10.0. The third-order valence-corrected chi connectivity index (χ3v) is 12.0. The number of carbonyl (C=O) groups is 3. The van der Waals surface area contributed by atoms with Gasteiger partial charge in [-0.05, 0) is 103 Å². The van der Waals surface area contributed by atoms with E-state index in [4.69, 9.17) is 14.2 Å². The Morgan fingerprint density at radius 2 is 0.577 bits per heavy atom. The summed E-state index contributed by atoms with van der Waals surface area (Å²) in [5.41, 5.74) is 0. The third-order valence-electron chi connectivity index (χ3n) is 12.0. The Labute approximate surface area is 437 Å². The first-order valence-corrected chi connectivity index (χ1v) is 29.0. The predicted octanol–water partition coefficient (Wildman–Crippen LogP) is 19.6. The van der Waals surface area contributed by atoms with Crippen LogP contribution in [-0.4, -0.2) is 37.2 Å². The molecular weight excluding hydrogens is 877 g/mol. The lowest BCUT2D eigenvalue weighted by Crippen LogP contribution is -2.30. The van der Waals surface area contributed by atoms with Gasteiger partial charge in [0, 0.05) is 19.3 Å². The topological polar surface area (TPSA) is 78.9 Å². The van der Waals surface area contributed by atoms with Gasteiger partial charge in [0.2, 0.25) is 0 Å². The zero-order valence-corrected chi connectivity index (χ0v) is 45.9. The van der Waals surface area contributed by atoms with E-state index >= 15 is 0 Å². The predicted molar refractivity (Wildman–Crippen MR) is 306 cm³/mol. The summed E-state index contributed by atoms with van der Waals surface area (Å²) in [4.78, 5) is 38.1. The summed E-state index contributed by atoms with van der Waals surface area (Å²) in [7, 11) is 0. The number of hydrogen-bond donors (Lipinski definition) is 0. The van der Waals surface area contributed by atoms with Crippen LogP contribution in [0.3, 0.4) is 0 Å². The molecule has 0 aromatic carbocycles. The van der Waals surface area contributed by atoms with Gasteiger partial charge in [0.1, 0.15) is 13.2 Å². The molecule has 0 amide bonds. The first-order chi connectivity index (χ1) is 35.0. The molecular formula is C65H106O6. The van der Waals surface area contributed by atoms with E-state index in [1.54, 1.807) is 0 Å². The van der Waals surface area contributed by atoms with Crippen LogP contribution in [-0.2, 0) is 28.6 Å². The molecule has 0 unspecified atom stereocenters. The number of esters is 3. The van der Waals surface area contributed by atoms with E-state index in [1.165, 1.54) is 103 Å². The number of unbranched alkanes of at least 4 members (excludes halogenated alkanes) is 20. The molecule has 0 spiro atoms. The summed E-state index contributed by atoms with van der Waals surface area (Å²) in [6.07, 6.45) is 80.5. The van der Waals surface area contributed by atoms with Crippen LogP contribution in [0, 0.1) is 0 Å². The van der Waals surface area contributed by atoms with Crippen molar-refractivity contribution in [3.8, 4) is 0 Å². The van der Waals surface area contributed by atoms with E-state index in [0.717, 1.165) is 103 Å². The average Bonchev–Trinajstić information content (AvgIpc) is 3.37. The highest BCUT2D eigenvalue weighted by Crippen LogP contribution is 2.15. The molecule has 0 aliphatic heterocycles. The molecule has 0 aliphatic rings. The number of ether oxygens (including phenoxy) is 3. The van der Waals surface area contributed by atoms with Crippen molar-refractivity contribution in [1.29, 1.82) is 0 Å². The van der Waals surface area contributed by atoms with Gasteiger partial charge in [-0.15, -0.1) is 0 Å². The van der Waals surface area contributed by atoms with Gasteiger partial charge in [0.25, 0.3) is 0 Å². The summed E-state index contributed by atoms with van der Waals surface area (Å²) in [6.45, 7) is 6.41. The Bertz CT molecular complexity index is 1500. The third kappa shape index (κ3) is 56.6. The monoisotopic (exact) mass is 983 g/mol. The zero-order chi connectivity index (χ0) is 51.4. The van der Waals surface area contributed by atoms with Gasteiger partial charge < -0.3 is 14.2 Å². The van der Waals surface area contributed by atoms with E-state index in [-0.39, 0.29) is 31.6 Å². The van der Waals surface area contributed by atoms with Gasteiger partial charge in [-0.2, -0.15) is 0 Å². The molecule has 402 valence electrons. The van der Waals surface area contributed by atoms with Crippen LogP contribution in [0.15, 0.2) is 122 Å². The lowest BCUT2D eigenvalue weighted by molar-refractivity contribution is -0.166. The molecule has 6 nitrogen and oxygen atoms in total. The van der Waals surface area contributed by atoms with Gasteiger partial charge in [0.05, 0.1) is 0 Å². The van der Waals surface area contributed by atoms with Crippen molar-refractivity contribution in [3.05, 3.63) is 122 Å². The van der Waals surface area contributed by atoms with Crippen molar-refractivity contribution in [3.63, 3.8) is 0 Å². The van der Waals surface area contributed by atoms with Crippen LogP contribution >= 0.6 is 0 Å². The molecule has 0 rings (SSSR count). The zero-order valence-electron chi connectivity index (χ0n) is 45.9. The molecule has 0 aromatic heterocycles. The first-order valence-electron chi connectivity index (χ1n) is 29.0. The Kier molecular flexibility index (Phi) is 54.9. The molecule has 0 N–H and O–H groups in total. The normalized spacial score (nSPS) is 13.0. The largest absolute Gasteiger partial charge is 0.462 e. The van der Waals surface area contributed by atoms with Gasteiger partial charge in [0.15, 0.2) is 6.10 Å². The van der Waals surface area contributed by atoms with Crippen LogP contribution in [0.4, 0.5) is 0 Å². The second kappa shape index (κ2) is 58.4. The van der Waals surface area contributed by atoms with Gasteiger partial charge >= 0.3 is 17.9 Å². The minimum Gasteiger partial charge on any atom is -0.462 e. The Hall–Kier alpha value is -4.19. The maximum Gasteiger partial charge on any atom is 0.306 e.